The number of nitrogens with one attached hydrogen (secondary N) is 1. The van der Waals surface area contributed by atoms with Crippen LogP contribution in [0, 0.1) is 11.6 Å². The van der Waals surface area contributed by atoms with Crippen LogP contribution in [-0.4, -0.2) is 86.8 Å². The van der Waals surface area contributed by atoms with E-state index in [1.807, 2.05) is 20.8 Å². The summed E-state index contributed by atoms with van der Waals surface area (Å²) in [6.07, 6.45) is 0.346. The number of hydrogen-bond donors (Lipinski definition) is 1. The second kappa shape index (κ2) is 17.5. The molecule has 4 rings (SSSR count). The highest BCUT2D eigenvalue weighted by Crippen LogP contribution is 2.40. The number of hydrogen-bond acceptors (Lipinski definition) is 7. The van der Waals surface area contributed by atoms with Crippen LogP contribution in [-0.2, 0) is 25.1 Å². The molecule has 13 heteroatoms. The first-order chi connectivity index (χ1) is 25.1. The van der Waals surface area contributed by atoms with Crippen LogP contribution < -0.4 is 15.0 Å². The lowest BCUT2D eigenvalue weighted by Crippen LogP contribution is -2.60. The van der Waals surface area contributed by atoms with Crippen LogP contribution >= 0.6 is 0 Å². The zero-order chi connectivity index (χ0) is 40.2. The largest absolute Gasteiger partial charge is 0.491 e. The van der Waals surface area contributed by atoms with Gasteiger partial charge in [0.15, 0.2) is 8.32 Å². The van der Waals surface area contributed by atoms with Gasteiger partial charge in [-0.15, -0.1) is 0 Å². The van der Waals surface area contributed by atoms with E-state index in [1.54, 1.807) is 48.8 Å². The summed E-state index contributed by atoms with van der Waals surface area (Å²) in [5, 5.41) is 2.90. The maximum Gasteiger partial charge on any atom is 0.410 e. The first-order valence-electron chi connectivity index (χ1n) is 19.2. The van der Waals surface area contributed by atoms with Gasteiger partial charge in [0, 0.05) is 43.0 Å². The summed E-state index contributed by atoms with van der Waals surface area (Å²) in [7, 11) is -2.67. The van der Waals surface area contributed by atoms with Gasteiger partial charge in [-0.05, 0) is 108 Å². The summed E-state index contributed by atoms with van der Waals surface area (Å²) in [4.78, 5) is 44.6. The Labute approximate surface area is 321 Å². The number of rotatable bonds is 14. The molecular formula is C41H61F2N3O7Si. The summed E-state index contributed by atoms with van der Waals surface area (Å²) in [6.45, 7) is 22.9. The van der Waals surface area contributed by atoms with Crippen molar-refractivity contribution in [3.05, 3.63) is 59.2 Å². The molecule has 2 fully saturated rings. The van der Waals surface area contributed by atoms with Crippen molar-refractivity contribution in [2.75, 3.05) is 24.6 Å². The average molecular weight is 774 g/mol. The predicted octanol–water partition coefficient (Wildman–Crippen LogP) is 8.41. The Balaban J connectivity index is 1.87. The van der Waals surface area contributed by atoms with Crippen molar-refractivity contribution in [1.29, 1.82) is 0 Å². The number of carbonyl (C=O) groups is 3. The third kappa shape index (κ3) is 11.5. The fraction of sp³-hybridized carbons (Fsp3) is 0.634. The number of anilines is 1. The van der Waals surface area contributed by atoms with Gasteiger partial charge in [0.25, 0.3) is 5.91 Å². The van der Waals surface area contributed by atoms with Crippen LogP contribution in [0.5, 0.6) is 5.75 Å². The highest BCUT2D eigenvalue weighted by molar-refractivity contribution is 6.74. The number of halogens is 2. The van der Waals surface area contributed by atoms with Crippen molar-refractivity contribution < 1.29 is 41.8 Å². The molecule has 2 aromatic carbocycles. The summed E-state index contributed by atoms with van der Waals surface area (Å²) in [6, 6.07) is 6.81. The second-order valence-electron chi connectivity index (χ2n) is 17.4. The van der Waals surface area contributed by atoms with Crippen LogP contribution in [0.4, 0.5) is 19.3 Å². The van der Waals surface area contributed by atoms with E-state index < -0.39 is 55.7 Å². The fourth-order valence-electron chi connectivity index (χ4n) is 6.63. The van der Waals surface area contributed by atoms with Crippen molar-refractivity contribution in [1.82, 2.24) is 10.2 Å². The Morgan fingerprint density at radius 3 is 2.22 bits per heavy atom. The summed E-state index contributed by atoms with van der Waals surface area (Å²) in [5.74, 6) is -1.61. The van der Waals surface area contributed by atoms with Gasteiger partial charge in [-0.1, -0.05) is 27.7 Å². The van der Waals surface area contributed by atoms with Crippen molar-refractivity contribution in [3.8, 4) is 5.75 Å². The van der Waals surface area contributed by atoms with E-state index >= 15 is 0 Å². The van der Waals surface area contributed by atoms with Gasteiger partial charge in [-0.3, -0.25) is 14.5 Å². The lowest BCUT2D eigenvalue weighted by Gasteiger charge is -2.45. The number of carbonyl (C=O) groups excluding carboxylic acids is 3. The molecule has 0 aliphatic carbocycles. The van der Waals surface area contributed by atoms with Crippen LogP contribution in [0.25, 0.3) is 0 Å². The minimum atomic E-state index is -2.67. The molecule has 0 aromatic heterocycles. The Hall–Kier alpha value is -3.55. The molecule has 2 aliphatic rings. The van der Waals surface area contributed by atoms with Gasteiger partial charge in [-0.2, -0.15) is 0 Å². The monoisotopic (exact) mass is 773 g/mol. The molecule has 1 N–H and O–H groups in total. The minimum Gasteiger partial charge on any atom is -0.491 e. The van der Waals surface area contributed by atoms with Gasteiger partial charge in [-0.25, -0.2) is 13.6 Å². The van der Waals surface area contributed by atoms with Gasteiger partial charge in [0.2, 0.25) is 5.91 Å². The van der Waals surface area contributed by atoms with Crippen LogP contribution in [0.2, 0.25) is 18.1 Å². The molecule has 4 atom stereocenters. The van der Waals surface area contributed by atoms with Crippen molar-refractivity contribution in [3.63, 3.8) is 0 Å². The molecule has 2 heterocycles. The predicted molar refractivity (Wildman–Crippen MR) is 209 cm³/mol. The molecule has 0 radical (unpaired) electrons. The number of benzene rings is 2. The Morgan fingerprint density at radius 2 is 1.67 bits per heavy atom. The van der Waals surface area contributed by atoms with E-state index in [9.17, 15) is 23.2 Å². The van der Waals surface area contributed by atoms with E-state index in [1.165, 1.54) is 12.1 Å². The first-order valence-corrected chi connectivity index (χ1v) is 22.1. The van der Waals surface area contributed by atoms with E-state index in [2.05, 4.69) is 39.2 Å². The molecule has 2 aromatic rings. The van der Waals surface area contributed by atoms with E-state index in [0.717, 1.165) is 12.5 Å². The van der Waals surface area contributed by atoms with Gasteiger partial charge in [0.1, 0.15) is 23.0 Å². The fourth-order valence-corrected chi connectivity index (χ4v) is 7.99. The second-order valence-corrected chi connectivity index (χ2v) is 22.1. The summed E-state index contributed by atoms with van der Waals surface area (Å²) in [5.41, 5.74) is 0.303. The molecule has 4 unspecified atom stereocenters. The Morgan fingerprint density at radius 1 is 1.00 bits per heavy atom. The zero-order valence-electron chi connectivity index (χ0n) is 34.0. The van der Waals surface area contributed by atoms with E-state index in [4.69, 9.17) is 18.6 Å². The van der Waals surface area contributed by atoms with Crippen molar-refractivity contribution in [2.45, 2.75) is 149 Å². The lowest BCUT2D eigenvalue weighted by molar-refractivity contribution is -0.117. The lowest BCUT2D eigenvalue weighted by atomic mass is 9.94. The van der Waals surface area contributed by atoms with Crippen molar-refractivity contribution in [2.24, 2.45) is 0 Å². The topological polar surface area (TPSA) is 107 Å². The Kier molecular flexibility index (Phi) is 14.0. The molecule has 300 valence electrons. The summed E-state index contributed by atoms with van der Waals surface area (Å²) < 4.78 is 54.8. The Bertz CT molecular complexity index is 1620. The smallest absolute Gasteiger partial charge is 0.410 e. The number of ether oxygens (including phenoxy) is 3. The van der Waals surface area contributed by atoms with E-state index in [-0.39, 0.29) is 41.7 Å². The van der Waals surface area contributed by atoms with Gasteiger partial charge < -0.3 is 28.9 Å². The van der Waals surface area contributed by atoms with Crippen LogP contribution in [0.1, 0.15) is 104 Å². The van der Waals surface area contributed by atoms with Crippen LogP contribution in [0.3, 0.4) is 0 Å². The first kappa shape index (κ1) is 43.2. The maximum atomic E-state index is 14.7. The molecule has 0 saturated carbocycles. The molecule has 0 bridgehead atoms. The third-order valence-electron chi connectivity index (χ3n) is 10.1. The maximum absolute atomic E-state index is 14.7. The van der Waals surface area contributed by atoms with Gasteiger partial charge in [0.05, 0.1) is 36.9 Å². The molecule has 2 saturated heterocycles. The molecule has 54 heavy (non-hydrogen) atoms. The molecular weight excluding hydrogens is 713 g/mol. The summed E-state index contributed by atoms with van der Waals surface area (Å²) >= 11 is 0. The SMILES string of the molecule is CCCOC1CC(C(O[Si](C)(C)C(C)(C)C)C(Cc2cc(F)cc(F)c2)NC(=O)c2cc(OC(C)C)cc(N3CCCC3=O)c2)N(C(=O)OC(C)(C)C)C1. The number of nitrogens with zero attached hydrogens (tertiary/aromatic N) is 2. The molecule has 0 spiro atoms. The number of amides is 3. The van der Waals surface area contributed by atoms with Crippen molar-refractivity contribution >= 4 is 31.9 Å². The quantitative estimate of drug-likeness (QED) is 0.192. The highest BCUT2D eigenvalue weighted by Gasteiger charge is 2.49. The minimum absolute atomic E-state index is 0.0154. The van der Waals surface area contributed by atoms with Gasteiger partial charge >= 0.3 is 6.09 Å². The van der Waals surface area contributed by atoms with E-state index in [0.29, 0.717) is 49.4 Å². The average Bonchev–Trinajstić information content (AvgIpc) is 3.66. The molecule has 3 amide bonds. The van der Waals surface area contributed by atoms with Crippen LogP contribution in [0.15, 0.2) is 36.4 Å². The third-order valence-corrected chi connectivity index (χ3v) is 14.6. The zero-order valence-corrected chi connectivity index (χ0v) is 35.0. The highest BCUT2D eigenvalue weighted by atomic mass is 28.4. The normalized spacial score (nSPS) is 19.3. The standard InChI is InChI=1S/C41H61F2N3O7Si/c1-12-16-50-33-24-35(46(25-33)39(49)52-40(4,5)6)37(53-54(10,11)41(7,8)9)34(19-27-17-29(42)22-30(43)18-27)44-38(48)28-20-31(45-15-13-14-36(45)47)23-32(21-28)51-26(2)3/h17-18,20-23,26,33-35,37H,12-16,19,24-25H2,1-11H3,(H,44,48). The molecule has 2 aliphatic heterocycles. The molecule has 10 nitrogen and oxygen atoms in total. The number of likely N-dealkylation sites (tertiary alicyclic amines) is 1.